The second kappa shape index (κ2) is 8.59. The first-order valence-corrected chi connectivity index (χ1v) is 11.7. The van der Waals surface area contributed by atoms with E-state index in [1.165, 1.54) is 26.4 Å². The zero-order valence-electron chi connectivity index (χ0n) is 17.5. The number of methoxy groups -OCH3 is 2. The van der Waals surface area contributed by atoms with Gasteiger partial charge in [0.25, 0.3) is 0 Å². The summed E-state index contributed by atoms with van der Waals surface area (Å²) in [5.41, 5.74) is 1.05. The van der Waals surface area contributed by atoms with Gasteiger partial charge in [-0.3, -0.25) is 4.90 Å². The van der Waals surface area contributed by atoms with E-state index in [0.29, 0.717) is 53.6 Å². The number of sulfone groups is 1. The lowest BCUT2D eigenvalue weighted by Crippen LogP contribution is -2.33. The van der Waals surface area contributed by atoms with Gasteiger partial charge in [0.2, 0.25) is 9.84 Å². The van der Waals surface area contributed by atoms with Crippen molar-refractivity contribution >= 4 is 9.84 Å². The fourth-order valence-electron chi connectivity index (χ4n) is 4.31. The summed E-state index contributed by atoms with van der Waals surface area (Å²) >= 11 is 0. The molecule has 0 aliphatic carbocycles. The molecule has 8 heteroatoms. The molecule has 2 heterocycles. The van der Waals surface area contributed by atoms with Gasteiger partial charge in [-0.05, 0) is 61.7 Å². The topological polar surface area (TPSA) is 55.8 Å². The zero-order chi connectivity index (χ0) is 22.2. The number of halogens is 2. The molecule has 31 heavy (non-hydrogen) atoms. The maximum absolute atomic E-state index is 13.9. The minimum absolute atomic E-state index is 0.122. The Balaban J connectivity index is 1.46. The number of allylic oxidation sites excluding steroid dienone is 2. The van der Waals surface area contributed by atoms with Gasteiger partial charge in [0.15, 0.2) is 11.5 Å². The van der Waals surface area contributed by atoms with Crippen LogP contribution in [-0.4, -0.2) is 40.6 Å². The summed E-state index contributed by atoms with van der Waals surface area (Å²) in [6, 6.07) is 6.74. The Labute approximate surface area is 181 Å². The van der Waals surface area contributed by atoms with Crippen molar-refractivity contribution in [2.45, 2.75) is 30.7 Å². The fourth-order valence-corrected chi connectivity index (χ4v) is 6.05. The molecular formula is C23H25F2NO4S. The van der Waals surface area contributed by atoms with E-state index in [4.69, 9.17) is 9.47 Å². The predicted molar refractivity (Wildman–Crippen MR) is 113 cm³/mol. The molecule has 0 atom stereocenters. The summed E-state index contributed by atoms with van der Waals surface area (Å²) in [6.07, 6.45) is 3.74. The van der Waals surface area contributed by atoms with Crippen molar-refractivity contribution in [1.29, 1.82) is 0 Å². The molecule has 0 saturated carbocycles. The quantitative estimate of drug-likeness (QED) is 0.688. The molecule has 2 aromatic rings. The third-order valence-electron chi connectivity index (χ3n) is 6.02. The van der Waals surface area contributed by atoms with E-state index in [9.17, 15) is 17.2 Å². The molecule has 0 aromatic heterocycles. The van der Waals surface area contributed by atoms with Gasteiger partial charge >= 0.3 is 0 Å². The number of fused-ring (bicyclic) bond motifs is 1. The third-order valence-corrected chi connectivity index (χ3v) is 7.95. The van der Waals surface area contributed by atoms with Gasteiger partial charge in [0.1, 0.15) is 11.6 Å². The summed E-state index contributed by atoms with van der Waals surface area (Å²) in [5.74, 6) is 0.164. The van der Waals surface area contributed by atoms with E-state index in [1.807, 2.05) is 6.08 Å². The van der Waals surface area contributed by atoms with E-state index >= 15 is 0 Å². The minimum atomic E-state index is -3.56. The Morgan fingerprint density at radius 3 is 2.42 bits per heavy atom. The fraction of sp³-hybridized carbons (Fsp3) is 0.391. The number of piperidine rings is 1. The molecule has 2 aromatic carbocycles. The number of ether oxygens (including phenoxy) is 2. The molecule has 1 saturated heterocycles. The van der Waals surface area contributed by atoms with Crippen molar-refractivity contribution < 1.29 is 26.7 Å². The lowest BCUT2D eigenvalue weighted by Gasteiger charge is -2.31. The first-order chi connectivity index (χ1) is 14.8. The third kappa shape index (κ3) is 4.32. The Bertz CT molecular complexity index is 1120. The summed E-state index contributed by atoms with van der Waals surface area (Å²) in [5, 5.41) is 0. The number of hydrogen-bond acceptors (Lipinski definition) is 5. The highest BCUT2D eigenvalue weighted by atomic mass is 32.2. The van der Waals surface area contributed by atoms with Crippen LogP contribution in [0.25, 0.3) is 0 Å². The van der Waals surface area contributed by atoms with Gasteiger partial charge in [-0.2, -0.15) is 0 Å². The summed E-state index contributed by atoms with van der Waals surface area (Å²) in [4.78, 5) is 2.75. The second-order valence-electron chi connectivity index (χ2n) is 7.98. The average molecular weight is 450 g/mol. The SMILES string of the molecule is COc1cc2c(cc1OC)S(=O)(=O)/C(=C/C1CCN(Cc3cc(F)ccc3F)CC1)C2. The predicted octanol–water partition coefficient (Wildman–Crippen LogP) is 4.11. The van der Waals surface area contributed by atoms with E-state index in [-0.39, 0.29) is 10.8 Å². The molecule has 0 spiro atoms. The van der Waals surface area contributed by atoms with Gasteiger partial charge < -0.3 is 9.47 Å². The van der Waals surface area contributed by atoms with Crippen molar-refractivity contribution in [3.63, 3.8) is 0 Å². The summed E-state index contributed by atoms with van der Waals surface area (Å²) < 4.78 is 64.0. The number of hydrogen-bond donors (Lipinski definition) is 0. The maximum Gasteiger partial charge on any atom is 0.203 e. The summed E-state index contributed by atoms with van der Waals surface area (Å²) in [6.45, 7) is 1.73. The Morgan fingerprint density at radius 2 is 1.74 bits per heavy atom. The molecule has 166 valence electrons. The van der Waals surface area contributed by atoms with Crippen LogP contribution in [0.15, 0.2) is 46.2 Å². The Morgan fingerprint density at radius 1 is 1.06 bits per heavy atom. The number of likely N-dealkylation sites (tertiary alicyclic amines) is 1. The number of rotatable bonds is 5. The van der Waals surface area contributed by atoms with E-state index in [0.717, 1.165) is 25.0 Å². The Hall–Kier alpha value is -2.45. The van der Waals surface area contributed by atoms with Crippen molar-refractivity contribution in [3.05, 3.63) is 64.1 Å². The highest BCUT2D eigenvalue weighted by molar-refractivity contribution is 7.95. The number of nitrogens with zero attached hydrogens (tertiary/aromatic N) is 1. The van der Waals surface area contributed by atoms with Crippen molar-refractivity contribution in [2.75, 3.05) is 27.3 Å². The van der Waals surface area contributed by atoms with E-state index < -0.39 is 21.5 Å². The molecule has 0 N–H and O–H groups in total. The van der Waals surface area contributed by atoms with Crippen LogP contribution in [0.3, 0.4) is 0 Å². The molecular weight excluding hydrogens is 424 g/mol. The van der Waals surface area contributed by atoms with Crippen LogP contribution in [-0.2, 0) is 22.8 Å². The van der Waals surface area contributed by atoms with Gasteiger partial charge in [-0.25, -0.2) is 17.2 Å². The van der Waals surface area contributed by atoms with Gasteiger partial charge in [-0.15, -0.1) is 0 Å². The van der Waals surface area contributed by atoms with Gasteiger partial charge in [-0.1, -0.05) is 6.08 Å². The summed E-state index contributed by atoms with van der Waals surface area (Å²) in [7, 11) is -0.555. The average Bonchev–Trinajstić information content (AvgIpc) is 3.00. The van der Waals surface area contributed by atoms with Gasteiger partial charge in [0.05, 0.1) is 19.1 Å². The zero-order valence-corrected chi connectivity index (χ0v) is 18.3. The van der Waals surface area contributed by atoms with Crippen molar-refractivity contribution in [1.82, 2.24) is 4.90 Å². The molecule has 0 radical (unpaired) electrons. The lowest BCUT2D eigenvalue weighted by atomic mass is 9.95. The molecule has 4 rings (SSSR count). The van der Waals surface area contributed by atoms with Crippen molar-refractivity contribution in [3.8, 4) is 11.5 Å². The molecule has 0 bridgehead atoms. The van der Waals surface area contributed by atoms with Crippen LogP contribution >= 0.6 is 0 Å². The highest BCUT2D eigenvalue weighted by Crippen LogP contribution is 2.41. The van der Waals surface area contributed by atoms with Crippen LogP contribution in [0, 0.1) is 17.6 Å². The maximum atomic E-state index is 13.9. The molecule has 2 aliphatic heterocycles. The van der Waals surface area contributed by atoms with Crippen LogP contribution in [0.5, 0.6) is 11.5 Å². The minimum Gasteiger partial charge on any atom is -0.493 e. The number of benzene rings is 2. The van der Waals surface area contributed by atoms with E-state index in [1.54, 1.807) is 6.07 Å². The van der Waals surface area contributed by atoms with Crippen LogP contribution in [0.2, 0.25) is 0 Å². The second-order valence-corrected chi connectivity index (χ2v) is 9.95. The van der Waals surface area contributed by atoms with E-state index in [2.05, 4.69) is 4.90 Å². The van der Waals surface area contributed by atoms with Gasteiger partial charge in [0, 0.05) is 29.5 Å². The lowest BCUT2D eigenvalue weighted by molar-refractivity contribution is 0.193. The standard InChI is InChI=1S/C23H25F2NO4S/c1-29-21-12-16-11-19(31(27,28)23(16)13-22(21)30-2)9-15-5-7-26(8-6-15)14-17-10-18(24)3-4-20(17)25/h3-4,9-10,12-13,15H,5-8,11,14H2,1-2H3/b19-9+. The normalized spacial score (nSPS) is 20.1. The van der Waals surface area contributed by atoms with Crippen LogP contribution in [0.1, 0.15) is 24.0 Å². The van der Waals surface area contributed by atoms with Crippen LogP contribution in [0.4, 0.5) is 8.78 Å². The Kier molecular flexibility index (Phi) is 6.03. The van der Waals surface area contributed by atoms with Crippen molar-refractivity contribution in [2.24, 2.45) is 5.92 Å². The first kappa shape index (κ1) is 21.8. The smallest absolute Gasteiger partial charge is 0.203 e. The highest BCUT2D eigenvalue weighted by Gasteiger charge is 2.34. The molecule has 2 aliphatic rings. The first-order valence-electron chi connectivity index (χ1n) is 10.2. The molecule has 5 nitrogen and oxygen atoms in total. The molecule has 0 amide bonds. The molecule has 1 fully saturated rings. The van der Waals surface area contributed by atoms with Crippen LogP contribution < -0.4 is 9.47 Å². The largest absolute Gasteiger partial charge is 0.493 e. The monoisotopic (exact) mass is 449 g/mol. The molecule has 0 unspecified atom stereocenters.